The summed E-state index contributed by atoms with van der Waals surface area (Å²) in [4.78, 5) is 9.81. The van der Waals surface area contributed by atoms with Gasteiger partial charge in [0.1, 0.15) is 5.75 Å². The number of nitrogens with one attached hydrogen (secondary N) is 1. The SMILES string of the molecule is COc1ccc([N+](=O)[O-])cc1NS(=O)(=O)Cl. The summed E-state index contributed by atoms with van der Waals surface area (Å²) in [7, 11) is 2.23. The number of hydrogen-bond acceptors (Lipinski definition) is 5. The van der Waals surface area contributed by atoms with Crippen LogP contribution in [-0.2, 0) is 9.24 Å². The third-order valence-corrected chi connectivity index (χ3v) is 2.32. The number of methoxy groups -OCH3 is 1. The van der Waals surface area contributed by atoms with Gasteiger partial charge in [-0.25, -0.2) is 0 Å². The molecule has 7 nitrogen and oxygen atoms in total. The van der Waals surface area contributed by atoms with Gasteiger partial charge in [-0.1, -0.05) is 0 Å². The number of ether oxygens (including phenoxy) is 1. The molecule has 9 heteroatoms. The number of halogens is 1. The van der Waals surface area contributed by atoms with E-state index in [1.54, 1.807) is 0 Å². The fourth-order valence-corrected chi connectivity index (χ4v) is 1.69. The molecule has 0 saturated carbocycles. The maximum atomic E-state index is 10.8. The van der Waals surface area contributed by atoms with Crippen molar-refractivity contribution in [2.24, 2.45) is 0 Å². The van der Waals surface area contributed by atoms with Crippen LogP contribution < -0.4 is 9.46 Å². The molecular formula is C7H7ClN2O5S. The summed E-state index contributed by atoms with van der Waals surface area (Å²) < 4.78 is 28.3. The lowest BCUT2D eigenvalue weighted by atomic mass is 10.2. The molecular weight excluding hydrogens is 260 g/mol. The second kappa shape index (κ2) is 4.54. The minimum absolute atomic E-state index is 0.0910. The van der Waals surface area contributed by atoms with Crippen molar-refractivity contribution < 1.29 is 18.1 Å². The summed E-state index contributed by atoms with van der Waals surface area (Å²) in [6, 6.07) is 3.46. The zero-order chi connectivity index (χ0) is 12.3. The van der Waals surface area contributed by atoms with Crippen LogP contribution in [0, 0.1) is 10.1 Å². The first kappa shape index (κ1) is 12.5. The van der Waals surface area contributed by atoms with Gasteiger partial charge in [-0.3, -0.25) is 14.8 Å². The highest BCUT2D eigenvalue weighted by Gasteiger charge is 2.14. The molecule has 0 atom stereocenters. The largest absolute Gasteiger partial charge is 0.495 e. The lowest BCUT2D eigenvalue weighted by Crippen LogP contribution is -2.06. The Morgan fingerprint density at radius 2 is 2.12 bits per heavy atom. The van der Waals surface area contributed by atoms with Crippen molar-refractivity contribution in [3.05, 3.63) is 28.3 Å². The Morgan fingerprint density at radius 1 is 1.50 bits per heavy atom. The Hall–Kier alpha value is -1.54. The Balaban J connectivity index is 3.22. The molecule has 0 aromatic heterocycles. The minimum Gasteiger partial charge on any atom is -0.495 e. The maximum Gasteiger partial charge on any atom is 0.319 e. The van der Waals surface area contributed by atoms with Gasteiger partial charge in [0, 0.05) is 22.8 Å². The molecule has 1 N–H and O–H groups in total. The highest BCUT2D eigenvalue weighted by atomic mass is 35.7. The zero-order valence-electron chi connectivity index (χ0n) is 8.01. The van der Waals surface area contributed by atoms with Gasteiger partial charge in [-0.05, 0) is 6.07 Å². The predicted octanol–water partition coefficient (Wildman–Crippen LogP) is 1.50. The van der Waals surface area contributed by atoms with Crippen LogP contribution in [-0.4, -0.2) is 20.5 Å². The van der Waals surface area contributed by atoms with Crippen LogP contribution in [0.4, 0.5) is 11.4 Å². The molecule has 0 aliphatic carbocycles. The van der Waals surface area contributed by atoms with Crippen molar-refractivity contribution in [1.29, 1.82) is 0 Å². The van der Waals surface area contributed by atoms with Gasteiger partial charge in [-0.15, -0.1) is 0 Å². The zero-order valence-corrected chi connectivity index (χ0v) is 9.58. The van der Waals surface area contributed by atoms with Crippen molar-refractivity contribution in [2.45, 2.75) is 0 Å². The standard InChI is InChI=1S/C7H7ClN2O5S/c1-15-7-3-2-5(10(11)12)4-6(7)9-16(8,13)14/h2-4,9H,1H3. The highest BCUT2D eigenvalue weighted by Crippen LogP contribution is 2.29. The number of non-ortho nitro benzene ring substituents is 1. The van der Waals surface area contributed by atoms with E-state index < -0.39 is 14.2 Å². The first-order valence-corrected chi connectivity index (χ1v) is 6.19. The number of rotatable bonds is 4. The monoisotopic (exact) mass is 266 g/mol. The maximum absolute atomic E-state index is 10.8. The van der Waals surface area contributed by atoms with E-state index >= 15 is 0 Å². The van der Waals surface area contributed by atoms with E-state index in [1.807, 2.05) is 4.72 Å². The summed E-state index contributed by atoms with van der Waals surface area (Å²) in [5, 5.41) is 10.5. The topological polar surface area (TPSA) is 98.5 Å². The molecule has 0 aliphatic rings. The first-order valence-electron chi connectivity index (χ1n) is 3.88. The van der Waals surface area contributed by atoms with E-state index in [0.717, 1.165) is 6.07 Å². The van der Waals surface area contributed by atoms with Crippen molar-refractivity contribution in [3.63, 3.8) is 0 Å². The van der Waals surface area contributed by atoms with Crippen molar-refractivity contribution in [2.75, 3.05) is 11.8 Å². The average molecular weight is 267 g/mol. The van der Waals surface area contributed by atoms with Crippen LogP contribution in [0.1, 0.15) is 0 Å². The Bertz CT molecular complexity index is 516. The molecule has 0 spiro atoms. The number of benzene rings is 1. The normalized spacial score (nSPS) is 10.9. The first-order chi connectivity index (χ1) is 7.33. The van der Waals surface area contributed by atoms with Gasteiger partial charge in [0.2, 0.25) is 0 Å². The molecule has 88 valence electrons. The van der Waals surface area contributed by atoms with Crippen LogP contribution in [0.25, 0.3) is 0 Å². The molecule has 1 aromatic rings. The summed E-state index contributed by atoms with van der Waals surface area (Å²) >= 11 is 0. The summed E-state index contributed by atoms with van der Waals surface area (Å²) in [6.45, 7) is 0. The fourth-order valence-electron chi connectivity index (χ4n) is 1.02. The molecule has 0 amide bonds. The van der Waals surface area contributed by atoms with Gasteiger partial charge in [-0.2, -0.15) is 8.42 Å². The van der Waals surface area contributed by atoms with E-state index in [9.17, 15) is 18.5 Å². The highest BCUT2D eigenvalue weighted by molar-refractivity contribution is 8.14. The Kier molecular flexibility index (Phi) is 3.55. The lowest BCUT2D eigenvalue weighted by Gasteiger charge is -2.07. The summed E-state index contributed by atoms with van der Waals surface area (Å²) in [5.74, 6) is 0.134. The molecule has 0 fully saturated rings. The number of hydrogen-bond donors (Lipinski definition) is 1. The number of nitro benzene ring substituents is 1. The lowest BCUT2D eigenvalue weighted by molar-refractivity contribution is -0.384. The molecule has 0 unspecified atom stereocenters. The summed E-state index contributed by atoms with van der Waals surface area (Å²) in [5.41, 5.74) is -0.365. The molecule has 0 heterocycles. The second-order valence-electron chi connectivity index (χ2n) is 2.68. The van der Waals surface area contributed by atoms with Gasteiger partial charge < -0.3 is 4.74 Å². The number of nitrogens with zero attached hydrogens (tertiary/aromatic N) is 1. The molecule has 16 heavy (non-hydrogen) atoms. The number of nitro groups is 1. The molecule has 0 bridgehead atoms. The van der Waals surface area contributed by atoms with E-state index in [4.69, 9.17) is 15.4 Å². The Morgan fingerprint density at radius 3 is 2.56 bits per heavy atom. The van der Waals surface area contributed by atoms with Gasteiger partial charge in [0.25, 0.3) is 5.69 Å². The van der Waals surface area contributed by atoms with Gasteiger partial charge >= 0.3 is 9.24 Å². The van der Waals surface area contributed by atoms with E-state index in [-0.39, 0.29) is 17.1 Å². The van der Waals surface area contributed by atoms with Gasteiger partial charge in [0.05, 0.1) is 17.7 Å². The van der Waals surface area contributed by atoms with Crippen molar-refractivity contribution in [3.8, 4) is 5.75 Å². The molecule has 0 radical (unpaired) electrons. The van der Waals surface area contributed by atoms with Crippen LogP contribution in [0.3, 0.4) is 0 Å². The quantitative estimate of drug-likeness (QED) is 0.506. The fraction of sp³-hybridized carbons (Fsp3) is 0.143. The van der Waals surface area contributed by atoms with Gasteiger partial charge in [0.15, 0.2) is 0 Å². The van der Waals surface area contributed by atoms with Crippen LogP contribution >= 0.6 is 10.7 Å². The Labute approximate surface area is 95.7 Å². The van der Waals surface area contributed by atoms with Crippen LogP contribution in [0.2, 0.25) is 0 Å². The third-order valence-electron chi connectivity index (χ3n) is 1.63. The summed E-state index contributed by atoms with van der Waals surface area (Å²) in [6.07, 6.45) is 0. The number of anilines is 1. The van der Waals surface area contributed by atoms with Crippen LogP contribution in [0.5, 0.6) is 5.75 Å². The molecule has 1 aromatic carbocycles. The minimum atomic E-state index is -4.03. The third kappa shape index (κ3) is 3.24. The smallest absolute Gasteiger partial charge is 0.319 e. The van der Waals surface area contributed by atoms with E-state index in [0.29, 0.717) is 0 Å². The van der Waals surface area contributed by atoms with E-state index in [1.165, 1.54) is 19.2 Å². The van der Waals surface area contributed by atoms with Crippen LogP contribution in [0.15, 0.2) is 18.2 Å². The molecule has 0 saturated heterocycles. The van der Waals surface area contributed by atoms with E-state index in [2.05, 4.69) is 0 Å². The average Bonchev–Trinajstić information content (AvgIpc) is 2.15. The molecule has 1 rings (SSSR count). The van der Waals surface area contributed by atoms with Crippen molar-refractivity contribution in [1.82, 2.24) is 0 Å². The molecule has 0 aliphatic heterocycles. The second-order valence-corrected chi connectivity index (χ2v) is 4.98. The van der Waals surface area contributed by atoms with Crippen molar-refractivity contribution >= 4 is 31.3 Å². The predicted molar refractivity (Wildman–Crippen MR) is 58.0 cm³/mol.